The lowest BCUT2D eigenvalue weighted by Crippen LogP contribution is -2.35. The third-order valence-electron chi connectivity index (χ3n) is 5.60. The third-order valence-corrected chi connectivity index (χ3v) is 5.60. The molecule has 0 aliphatic carbocycles. The normalized spacial score (nSPS) is 20.5. The molecular weight excluding hydrogens is 326 g/mol. The molecule has 1 atom stereocenters. The molecule has 1 fully saturated rings. The van der Waals surface area contributed by atoms with Gasteiger partial charge in [-0.05, 0) is 25.2 Å². The van der Waals surface area contributed by atoms with Crippen LogP contribution >= 0.6 is 0 Å². The van der Waals surface area contributed by atoms with Crippen LogP contribution in [-0.2, 0) is 29.4 Å². The lowest BCUT2D eigenvalue weighted by molar-refractivity contribution is -0.133. The van der Waals surface area contributed by atoms with Crippen LogP contribution in [0.5, 0.6) is 0 Å². The molecule has 0 bridgehead atoms. The van der Waals surface area contributed by atoms with Gasteiger partial charge >= 0.3 is 0 Å². The van der Waals surface area contributed by atoms with Gasteiger partial charge in [-0.3, -0.25) is 9.48 Å². The van der Waals surface area contributed by atoms with Crippen LogP contribution in [0, 0.1) is 5.92 Å². The Balaban J connectivity index is 1.47. The van der Waals surface area contributed by atoms with E-state index >= 15 is 0 Å². The molecule has 5 nitrogen and oxygen atoms in total. The number of rotatable bonds is 3. The van der Waals surface area contributed by atoms with Gasteiger partial charge in [-0.25, -0.2) is 0 Å². The monoisotopic (exact) mass is 353 g/mol. The molecule has 1 amide bonds. The molecular formula is C21H27N3O2. The second-order valence-electron chi connectivity index (χ2n) is 7.43. The molecule has 1 unspecified atom stereocenters. The first kappa shape index (κ1) is 17.3. The van der Waals surface area contributed by atoms with E-state index in [0.717, 1.165) is 57.7 Å². The third kappa shape index (κ3) is 3.54. The largest absolute Gasteiger partial charge is 0.381 e. The van der Waals surface area contributed by atoms with E-state index in [4.69, 9.17) is 9.84 Å². The number of amides is 1. The fourth-order valence-electron chi connectivity index (χ4n) is 4.24. The zero-order valence-corrected chi connectivity index (χ0v) is 15.5. The molecule has 1 aromatic heterocycles. The van der Waals surface area contributed by atoms with Crippen molar-refractivity contribution in [2.24, 2.45) is 13.0 Å². The van der Waals surface area contributed by atoms with E-state index in [1.807, 2.05) is 22.7 Å². The Kier molecular flexibility index (Phi) is 5.07. The topological polar surface area (TPSA) is 47.4 Å². The minimum Gasteiger partial charge on any atom is -0.381 e. The van der Waals surface area contributed by atoms with Gasteiger partial charge in [0.15, 0.2) is 0 Å². The lowest BCUT2D eigenvalue weighted by atomic mass is 9.98. The molecule has 138 valence electrons. The van der Waals surface area contributed by atoms with Crippen LogP contribution in [0.4, 0.5) is 0 Å². The van der Waals surface area contributed by atoms with E-state index in [9.17, 15) is 4.79 Å². The average Bonchev–Trinajstić information content (AvgIpc) is 2.84. The maximum absolute atomic E-state index is 12.8. The summed E-state index contributed by atoms with van der Waals surface area (Å²) in [5.74, 6) is 0.665. The van der Waals surface area contributed by atoms with E-state index in [1.165, 1.54) is 16.8 Å². The number of hydrogen-bond acceptors (Lipinski definition) is 3. The summed E-state index contributed by atoms with van der Waals surface area (Å²) < 4.78 is 7.52. The number of aryl methyl sites for hydroxylation is 1. The zero-order chi connectivity index (χ0) is 17.9. The standard InChI is InChI=1S/C21H27N3O2/c1-23-21(17-7-3-2-4-8-17)18-9-11-24(12-10-19(18)22-23)20(25)14-16-6-5-13-26-15-16/h2-4,7-8,16H,5-6,9-15H2,1H3. The van der Waals surface area contributed by atoms with Crippen molar-refractivity contribution in [1.29, 1.82) is 0 Å². The summed E-state index contributed by atoms with van der Waals surface area (Å²) in [6.07, 6.45) is 4.52. The Bertz CT molecular complexity index is 763. The van der Waals surface area contributed by atoms with Gasteiger partial charge in [0.1, 0.15) is 0 Å². The predicted molar refractivity (Wildman–Crippen MR) is 101 cm³/mol. The number of carbonyl (C=O) groups excluding carboxylic acids is 1. The molecule has 26 heavy (non-hydrogen) atoms. The van der Waals surface area contributed by atoms with Crippen LogP contribution in [0.15, 0.2) is 30.3 Å². The van der Waals surface area contributed by atoms with Gasteiger partial charge < -0.3 is 9.64 Å². The minimum absolute atomic E-state index is 0.274. The van der Waals surface area contributed by atoms with Crippen molar-refractivity contribution in [3.05, 3.63) is 41.6 Å². The number of benzene rings is 1. The first-order chi connectivity index (χ1) is 12.7. The molecule has 4 rings (SSSR count). The van der Waals surface area contributed by atoms with Crippen LogP contribution in [0.3, 0.4) is 0 Å². The number of aromatic nitrogens is 2. The summed E-state index contributed by atoms with van der Waals surface area (Å²) in [5, 5.41) is 4.76. The molecule has 0 radical (unpaired) electrons. The van der Waals surface area contributed by atoms with E-state index in [1.54, 1.807) is 0 Å². The molecule has 3 heterocycles. The van der Waals surface area contributed by atoms with Gasteiger partial charge in [-0.2, -0.15) is 5.10 Å². The smallest absolute Gasteiger partial charge is 0.222 e. The number of carbonyl (C=O) groups is 1. The lowest BCUT2D eigenvalue weighted by Gasteiger charge is -2.26. The van der Waals surface area contributed by atoms with Gasteiger partial charge in [0.2, 0.25) is 5.91 Å². The molecule has 2 aliphatic rings. The van der Waals surface area contributed by atoms with E-state index in [2.05, 4.69) is 24.3 Å². The van der Waals surface area contributed by atoms with E-state index in [-0.39, 0.29) is 5.91 Å². The summed E-state index contributed by atoms with van der Waals surface area (Å²) >= 11 is 0. The average molecular weight is 353 g/mol. The van der Waals surface area contributed by atoms with Gasteiger partial charge in [0, 0.05) is 57.3 Å². The fourth-order valence-corrected chi connectivity index (χ4v) is 4.24. The minimum atomic E-state index is 0.274. The van der Waals surface area contributed by atoms with Crippen molar-refractivity contribution >= 4 is 5.91 Å². The Hall–Kier alpha value is -2.14. The van der Waals surface area contributed by atoms with Crippen molar-refractivity contribution in [1.82, 2.24) is 14.7 Å². The predicted octanol–water partition coefficient (Wildman–Crippen LogP) is 2.83. The van der Waals surface area contributed by atoms with Crippen molar-refractivity contribution in [3.63, 3.8) is 0 Å². The van der Waals surface area contributed by atoms with Crippen molar-refractivity contribution in [3.8, 4) is 11.3 Å². The zero-order valence-electron chi connectivity index (χ0n) is 15.5. The van der Waals surface area contributed by atoms with Gasteiger partial charge in [-0.1, -0.05) is 30.3 Å². The Morgan fingerprint density at radius 1 is 1.23 bits per heavy atom. The molecule has 1 saturated heterocycles. The molecule has 0 N–H and O–H groups in total. The van der Waals surface area contributed by atoms with Crippen molar-refractivity contribution < 1.29 is 9.53 Å². The molecule has 2 aromatic rings. The van der Waals surface area contributed by atoms with Gasteiger partial charge in [-0.15, -0.1) is 0 Å². The van der Waals surface area contributed by atoms with Crippen molar-refractivity contribution in [2.45, 2.75) is 32.1 Å². The van der Waals surface area contributed by atoms with Gasteiger partial charge in [0.05, 0.1) is 11.4 Å². The second-order valence-corrected chi connectivity index (χ2v) is 7.43. The molecule has 2 aliphatic heterocycles. The number of ether oxygens (including phenoxy) is 1. The summed E-state index contributed by atoms with van der Waals surface area (Å²) in [6, 6.07) is 10.4. The number of fused-ring (bicyclic) bond motifs is 1. The first-order valence-corrected chi connectivity index (χ1v) is 9.68. The summed E-state index contributed by atoms with van der Waals surface area (Å²) in [6.45, 7) is 3.13. The van der Waals surface area contributed by atoms with E-state index in [0.29, 0.717) is 12.3 Å². The highest BCUT2D eigenvalue weighted by Crippen LogP contribution is 2.29. The van der Waals surface area contributed by atoms with Gasteiger partial charge in [0.25, 0.3) is 0 Å². The molecule has 5 heteroatoms. The highest BCUT2D eigenvalue weighted by Gasteiger charge is 2.26. The van der Waals surface area contributed by atoms with Crippen LogP contribution in [0.25, 0.3) is 11.3 Å². The SMILES string of the molecule is Cn1nc2c(c1-c1ccccc1)CCN(C(=O)CC1CCCOC1)CC2. The van der Waals surface area contributed by atoms with Crippen LogP contribution in [0.2, 0.25) is 0 Å². The Morgan fingerprint density at radius 2 is 2.04 bits per heavy atom. The summed E-state index contributed by atoms with van der Waals surface area (Å²) in [7, 11) is 2.02. The molecule has 0 spiro atoms. The fraction of sp³-hybridized carbons (Fsp3) is 0.524. The van der Waals surface area contributed by atoms with E-state index < -0.39 is 0 Å². The molecule has 1 aromatic carbocycles. The van der Waals surface area contributed by atoms with Crippen molar-refractivity contribution in [2.75, 3.05) is 26.3 Å². The Morgan fingerprint density at radius 3 is 2.81 bits per heavy atom. The summed E-state index contributed by atoms with van der Waals surface area (Å²) in [4.78, 5) is 14.8. The Labute approximate surface area is 154 Å². The van der Waals surface area contributed by atoms with Crippen LogP contribution < -0.4 is 0 Å². The highest BCUT2D eigenvalue weighted by molar-refractivity contribution is 5.77. The maximum atomic E-state index is 12.8. The second kappa shape index (κ2) is 7.62. The van der Waals surface area contributed by atoms with Crippen LogP contribution in [-0.4, -0.2) is 46.9 Å². The van der Waals surface area contributed by atoms with Crippen LogP contribution in [0.1, 0.15) is 30.5 Å². The number of hydrogen-bond donors (Lipinski definition) is 0. The summed E-state index contributed by atoms with van der Waals surface area (Å²) in [5.41, 5.74) is 4.83. The highest BCUT2D eigenvalue weighted by atomic mass is 16.5. The maximum Gasteiger partial charge on any atom is 0.222 e. The molecule has 0 saturated carbocycles. The number of nitrogens with zero attached hydrogens (tertiary/aromatic N) is 3. The quantitative estimate of drug-likeness (QED) is 0.852. The first-order valence-electron chi connectivity index (χ1n) is 9.68.